The van der Waals surface area contributed by atoms with Gasteiger partial charge in [-0.15, -0.1) is 12.4 Å². The van der Waals surface area contributed by atoms with Gasteiger partial charge in [0.15, 0.2) is 5.50 Å². The number of hydrogen-bond acceptors (Lipinski definition) is 3. The summed E-state index contributed by atoms with van der Waals surface area (Å²) in [6.07, 6.45) is 2.16. The molecule has 0 amide bonds. The first-order valence-electron chi connectivity index (χ1n) is 11.8. The number of rotatable bonds is 11. The van der Waals surface area contributed by atoms with Gasteiger partial charge in [-0.3, -0.25) is 4.67 Å². The summed E-state index contributed by atoms with van der Waals surface area (Å²) < 4.78 is 40.0. The van der Waals surface area contributed by atoms with Crippen LogP contribution in [0.3, 0.4) is 0 Å². The molecule has 1 aromatic carbocycles. The van der Waals surface area contributed by atoms with Gasteiger partial charge in [0.2, 0.25) is 0 Å². The summed E-state index contributed by atoms with van der Waals surface area (Å²) in [7, 11) is -2.36. The highest BCUT2D eigenvalue weighted by Crippen LogP contribution is 2.64. The van der Waals surface area contributed by atoms with Gasteiger partial charge in [-0.2, -0.15) is 8.78 Å². The van der Waals surface area contributed by atoms with Crippen LogP contribution in [0.5, 0.6) is 0 Å². The Balaban J connectivity index is 0.00000578. The van der Waals surface area contributed by atoms with Crippen molar-refractivity contribution in [1.29, 1.82) is 0 Å². The smallest absolute Gasteiger partial charge is 0.288 e. The van der Waals surface area contributed by atoms with E-state index in [1.807, 2.05) is 25.1 Å². The van der Waals surface area contributed by atoms with E-state index in [2.05, 4.69) is 59.2 Å². The molecule has 2 aromatic rings. The molecule has 0 spiro atoms. The number of hydrogen-bond donors (Lipinski definition) is 0. The zero-order valence-electron chi connectivity index (χ0n) is 21.8. The zero-order chi connectivity index (χ0) is 24.8. The molecule has 3 nitrogen and oxygen atoms in total. The molecule has 0 saturated heterocycles. The van der Waals surface area contributed by atoms with E-state index in [4.69, 9.17) is 9.16 Å². The predicted octanol–water partition coefficient (Wildman–Crippen LogP) is 9.59. The SMILES string of the molecule is Cc1ccc(P(=Nc2ccc(SC(F)F)cc2)(N(CCC(C)C)CCC(C)C)C(C)(C)C)o1.Cl. The molecule has 0 aliphatic rings. The Kier molecular flexibility index (Phi) is 12.4. The zero-order valence-corrected chi connectivity index (χ0v) is 24.4. The van der Waals surface area contributed by atoms with Gasteiger partial charge in [0.25, 0.3) is 5.76 Å². The minimum atomic E-state index is -2.43. The van der Waals surface area contributed by atoms with Crippen LogP contribution >= 0.6 is 31.4 Å². The monoisotopic (exact) mass is 534 g/mol. The minimum Gasteiger partial charge on any atom is -0.459 e. The second-order valence-corrected chi connectivity index (χ2v) is 15.3. The summed E-state index contributed by atoms with van der Waals surface area (Å²) in [6.45, 7) is 19.6. The molecule has 0 aliphatic carbocycles. The number of alkyl halides is 2. The Labute approximate surface area is 216 Å². The van der Waals surface area contributed by atoms with Crippen LogP contribution in [0.4, 0.5) is 14.5 Å². The lowest BCUT2D eigenvalue weighted by Crippen LogP contribution is -2.38. The van der Waals surface area contributed by atoms with E-state index in [-0.39, 0.29) is 17.6 Å². The van der Waals surface area contributed by atoms with Crippen LogP contribution in [0, 0.1) is 18.8 Å². The average Bonchev–Trinajstić information content (AvgIpc) is 3.12. The molecular formula is C26H42ClF2N2OPS. The number of benzene rings is 1. The van der Waals surface area contributed by atoms with Crippen molar-refractivity contribution in [3.8, 4) is 0 Å². The fourth-order valence-corrected chi connectivity index (χ4v) is 8.47. The number of halogens is 3. The largest absolute Gasteiger partial charge is 0.459 e. The van der Waals surface area contributed by atoms with Crippen molar-refractivity contribution in [3.05, 3.63) is 42.2 Å². The van der Waals surface area contributed by atoms with E-state index < -0.39 is 13.0 Å². The van der Waals surface area contributed by atoms with E-state index in [1.165, 1.54) is 0 Å². The third-order valence-electron chi connectivity index (χ3n) is 5.63. The fraction of sp³-hybridized carbons (Fsp3) is 0.615. The normalized spacial score (nSPS) is 14.1. The number of thioether (sulfide) groups is 1. The van der Waals surface area contributed by atoms with Gasteiger partial charge in [0, 0.05) is 23.1 Å². The van der Waals surface area contributed by atoms with Crippen LogP contribution in [-0.2, 0) is 0 Å². The number of aryl methyl sites for hydroxylation is 1. The number of furan rings is 1. The molecule has 8 heteroatoms. The highest BCUT2D eigenvalue weighted by atomic mass is 35.5. The lowest BCUT2D eigenvalue weighted by molar-refractivity contribution is 0.252. The third-order valence-corrected chi connectivity index (χ3v) is 10.8. The van der Waals surface area contributed by atoms with Crippen LogP contribution in [0.2, 0.25) is 0 Å². The summed E-state index contributed by atoms with van der Waals surface area (Å²) in [5, 5.41) is -0.179. The van der Waals surface area contributed by atoms with Crippen LogP contribution in [0.15, 0.2) is 50.5 Å². The van der Waals surface area contributed by atoms with Gasteiger partial charge < -0.3 is 4.42 Å². The second-order valence-electron chi connectivity index (χ2n) is 10.4. The standard InChI is InChI=1S/C26H41F2N2OPS.ClH/c1-19(2)15-17-30(18-16-20(3)4)32(26(6,7)8,24-14-9-21(5)31-24)29-22-10-12-23(13-11-22)33-25(27)28;/h9-14,19-20,25H,15-18H2,1-8H3;1H. The molecule has 34 heavy (non-hydrogen) atoms. The summed E-state index contributed by atoms with van der Waals surface area (Å²) in [5.41, 5.74) is 1.75. The fourth-order valence-electron chi connectivity index (χ4n) is 3.82. The first-order valence-corrected chi connectivity index (χ1v) is 14.4. The lowest BCUT2D eigenvalue weighted by atomic mass is 10.1. The van der Waals surface area contributed by atoms with Crippen molar-refractivity contribution in [3.63, 3.8) is 0 Å². The Bertz CT molecular complexity index is 912. The third kappa shape index (κ3) is 8.40. The Morgan fingerprint density at radius 1 is 0.941 bits per heavy atom. The van der Waals surface area contributed by atoms with E-state index in [0.717, 1.165) is 42.9 Å². The molecule has 0 aliphatic heterocycles. The van der Waals surface area contributed by atoms with Gasteiger partial charge in [0.05, 0.1) is 5.69 Å². The lowest BCUT2D eigenvalue weighted by Gasteiger charge is -2.44. The molecule has 0 N–H and O–H groups in total. The molecular weight excluding hydrogens is 493 g/mol. The van der Waals surface area contributed by atoms with Crippen molar-refractivity contribution >= 4 is 42.6 Å². The van der Waals surface area contributed by atoms with Gasteiger partial charge >= 0.3 is 0 Å². The maximum absolute atomic E-state index is 12.8. The molecule has 1 unspecified atom stereocenters. The summed E-state index contributed by atoms with van der Waals surface area (Å²) in [5.74, 6) is -0.386. The highest BCUT2D eigenvalue weighted by Gasteiger charge is 2.43. The van der Waals surface area contributed by atoms with Crippen molar-refractivity contribution in [2.45, 2.75) is 84.0 Å². The van der Waals surface area contributed by atoms with Gasteiger partial charge in [-0.1, -0.05) is 60.2 Å². The average molecular weight is 535 g/mol. The second kappa shape index (κ2) is 13.5. The molecule has 0 saturated carbocycles. The minimum absolute atomic E-state index is 0. The van der Waals surface area contributed by atoms with Gasteiger partial charge in [0.1, 0.15) is 13.0 Å². The summed E-state index contributed by atoms with van der Waals surface area (Å²) in [6, 6.07) is 11.3. The topological polar surface area (TPSA) is 28.7 Å². The molecule has 194 valence electrons. The van der Waals surface area contributed by atoms with E-state index in [9.17, 15) is 8.78 Å². The molecule has 0 bridgehead atoms. The van der Waals surface area contributed by atoms with Crippen molar-refractivity contribution < 1.29 is 13.2 Å². The van der Waals surface area contributed by atoms with Crippen LogP contribution in [-0.4, -0.2) is 28.7 Å². The van der Waals surface area contributed by atoms with Crippen LogP contribution in [0.1, 0.15) is 67.1 Å². The van der Waals surface area contributed by atoms with E-state index in [1.54, 1.807) is 12.1 Å². The van der Waals surface area contributed by atoms with Crippen molar-refractivity contribution in [2.75, 3.05) is 13.1 Å². The molecule has 1 heterocycles. The maximum Gasteiger partial charge on any atom is 0.288 e. The molecule has 0 fully saturated rings. The van der Waals surface area contributed by atoms with Crippen LogP contribution in [0.25, 0.3) is 0 Å². The van der Waals surface area contributed by atoms with Gasteiger partial charge in [-0.05, 0) is 68.0 Å². The first-order chi connectivity index (χ1) is 15.3. The van der Waals surface area contributed by atoms with Gasteiger partial charge in [-0.25, -0.2) is 4.74 Å². The van der Waals surface area contributed by atoms with E-state index in [0.29, 0.717) is 28.5 Å². The maximum atomic E-state index is 12.8. The summed E-state index contributed by atoms with van der Waals surface area (Å²) in [4.78, 5) is 0.550. The predicted molar refractivity (Wildman–Crippen MR) is 148 cm³/mol. The molecule has 0 radical (unpaired) electrons. The van der Waals surface area contributed by atoms with Crippen molar-refractivity contribution in [2.24, 2.45) is 16.6 Å². The quantitative estimate of drug-likeness (QED) is 0.212. The molecule has 2 rings (SSSR count). The Hall–Kier alpha value is -0.810. The van der Waals surface area contributed by atoms with Crippen molar-refractivity contribution in [1.82, 2.24) is 4.67 Å². The van der Waals surface area contributed by atoms with E-state index >= 15 is 0 Å². The summed E-state index contributed by atoms with van der Waals surface area (Å²) >= 11 is 0.564. The number of nitrogens with zero attached hydrogens (tertiary/aromatic N) is 2. The molecule has 1 aromatic heterocycles. The van der Waals surface area contributed by atoms with Crippen LogP contribution < -0.4 is 5.50 Å². The molecule has 1 atom stereocenters. The first kappa shape index (κ1) is 31.2. The Morgan fingerprint density at radius 3 is 1.85 bits per heavy atom. The highest BCUT2D eigenvalue weighted by molar-refractivity contribution is 7.99. The Morgan fingerprint density at radius 2 is 1.47 bits per heavy atom.